The summed E-state index contributed by atoms with van der Waals surface area (Å²) in [4.78, 5) is 23.0. The highest BCUT2D eigenvalue weighted by Crippen LogP contribution is 2.05. The van der Waals surface area contributed by atoms with Gasteiger partial charge in [0.05, 0.1) is 0 Å². The van der Waals surface area contributed by atoms with Gasteiger partial charge < -0.3 is 5.32 Å². The fraction of sp³-hybridized carbons (Fsp3) is 0.812. The Labute approximate surface area is 129 Å². The number of hydrogen-bond acceptors (Lipinski definition) is 3. The van der Waals surface area contributed by atoms with E-state index in [1.54, 1.807) is 0 Å². The van der Waals surface area contributed by atoms with Crippen LogP contribution in [0.15, 0.2) is 5.10 Å². The number of rotatable bonds is 11. The summed E-state index contributed by atoms with van der Waals surface area (Å²) in [5, 5.41) is 6.73. The van der Waals surface area contributed by atoms with Crippen molar-refractivity contribution in [2.75, 3.05) is 6.54 Å². The molecule has 5 heteroatoms. The van der Waals surface area contributed by atoms with Crippen LogP contribution >= 0.6 is 0 Å². The number of hydrazone groups is 1. The molecule has 0 aliphatic heterocycles. The Morgan fingerprint density at radius 2 is 1.71 bits per heavy atom. The lowest BCUT2D eigenvalue weighted by Gasteiger charge is -2.07. The molecule has 0 bridgehead atoms. The second-order valence-electron chi connectivity index (χ2n) is 5.92. The molecule has 0 fully saturated rings. The second kappa shape index (κ2) is 12.4. The maximum Gasteiger partial charge on any atom is 0.249 e. The van der Waals surface area contributed by atoms with E-state index in [1.165, 1.54) is 25.7 Å². The SMILES string of the molecule is CCCCCCCC(C)=NNC(=O)CC(=O)NCC(C)C. The Balaban J connectivity index is 3.78. The van der Waals surface area contributed by atoms with Gasteiger partial charge in [0.2, 0.25) is 11.8 Å². The molecule has 5 nitrogen and oxygen atoms in total. The summed E-state index contributed by atoms with van der Waals surface area (Å²) < 4.78 is 0. The van der Waals surface area contributed by atoms with Crippen molar-refractivity contribution in [2.45, 2.75) is 72.6 Å². The smallest absolute Gasteiger partial charge is 0.249 e. The van der Waals surface area contributed by atoms with Crippen molar-refractivity contribution in [3.63, 3.8) is 0 Å². The predicted molar refractivity (Wildman–Crippen MR) is 87.1 cm³/mol. The minimum absolute atomic E-state index is 0.167. The largest absolute Gasteiger partial charge is 0.355 e. The van der Waals surface area contributed by atoms with E-state index < -0.39 is 0 Å². The van der Waals surface area contributed by atoms with E-state index in [0.29, 0.717) is 12.5 Å². The van der Waals surface area contributed by atoms with Gasteiger partial charge in [-0.05, 0) is 25.7 Å². The number of carbonyl (C=O) groups excluding carboxylic acids is 2. The molecule has 0 aromatic carbocycles. The molecule has 0 aliphatic carbocycles. The summed E-state index contributed by atoms with van der Waals surface area (Å²) in [6.07, 6.45) is 6.79. The predicted octanol–water partition coefficient (Wildman–Crippen LogP) is 3.00. The maximum atomic E-state index is 11.5. The number of hydrogen-bond donors (Lipinski definition) is 2. The molecule has 0 heterocycles. The Morgan fingerprint density at radius 3 is 2.33 bits per heavy atom. The minimum atomic E-state index is -0.360. The van der Waals surface area contributed by atoms with Crippen LogP contribution in [0, 0.1) is 5.92 Å². The molecule has 0 aromatic heterocycles. The zero-order chi connectivity index (χ0) is 16.1. The molecule has 0 aromatic rings. The number of amides is 2. The molecule has 0 spiro atoms. The first kappa shape index (κ1) is 19.6. The molecule has 0 radical (unpaired) electrons. The summed E-state index contributed by atoms with van der Waals surface area (Å²) in [7, 11) is 0. The Hall–Kier alpha value is -1.39. The van der Waals surface area contributed by atoms with Gasteiger partial charge in [0.25, 0.3) is 0 Å². The van der Waals surface area contributed by atoms with Gasteiger partial charge >= 0.3 is 0 Å². The Morgan fingerprint density at radius 1 is 1.05 bits per heavy atom. The highest BCUT2D eigenvalue weighted by atomic mass is 16.2. The fourth-order valence-corrected chi connectivity index (χ4v) is 1.76. The standard InChI is InChI=1S/C16H31N3O2/c1-5-6-7-8-9-10-14(4)18-19-16(21)11-15(20)17-12-13(2)3/h13H,5-12H2,1-4H3,(H,17,20)(H,19,21). The number of carbonyl (C=O) groups is 2. The molecule has 2 N–H and O–H groups in total. The average molecular weight is 297 g/mol. The highest BCUT2D eigenvalue weighted by molar-refractivity contribution is 5.97. The fourth-order valence-electron chi connectivity index (χ4n) is 1.76. The number of nitrogens with one attached hydrogen (secondary N) is 2. The molecular formula is C16H31N3O2. The van der Waals surface area contributed by atoms with Gasteiger partial charge in [-0.3, -0.25) is 9.59 Å². The normalized spacial score (nSPS) is 11.6. The summed E-state index contributed by atoms with van der Waals surface area (Å²) in [5.41, 5.74) is 3.35. The van der Waals surface area contributed by atoms with Crippen molar-refractivity contribution in [1.82, 2.24) is 10.7 Å². The van der Waals surface area contributed by atoms with Gasteiger partial charge in [-0.1, -0.05) is 46.5 Å². The van der Waals surface area contributed by atoms with Crippen LogP contribution < -0.4 is 10.7 Å². The Bertz CT molecular complexity index is 338. The first-order chi connectivity index (χ1) is 9.95. The maximum absolute atomic E-state index is 11.5. The first-order valence-electron chi connectivity index (χ1n) is 8.04. The molecule has 0 saturated heterocycles. The Kier molecular flexibility index (Phi) is 11.5. The van der Waals surface area contributed by atoms with Gasteiger partial charge in [-0.15, -0.1) is 0 Å². The van der Waals surface area contributed by atoms with Crippen LogP contribution in [0.4, 0.5) is 0 Å². The molecule has 122 valence electrons. The van der Waals surface area contributed by atoms with E-state index in [-0.39, 0.29) is 18.2 Å². The third-order valence-electron chi connectivity index (χ3n) is 3.04. The molecule has 0 unspecified atom stereocenters. The first-order valence-corrected chi connectivity index (χ1v) is 8.04. The molecule has 0 saturated carbocycles. The van der Waals surface area contributed by atoms with Crippen LogP contribution in [0.2, 0.25) is 0 Å². The number of nitrogens with zero attached hydrogens (tertiary/aromatic N) is 1. The average Bonchev–Trinajstić information content (AvgIpc) is 2.42. The molecular weight excluding hydrogens is 266 g/mol. The van der Waals surface area contributed by atoms with Crippen LogP contribution in [0.5, 0.6) is 0 Å². The minimum Gasteiger partial charge on any atom is -0.355 e. The van der Waals surface area contributed by atoms with Crippen LogP contribution in [0.25, 0.3) is 0 Å². The topological polar surface area (TPSA) is 70.6 Å². The van der Waals surface area contributed by atoms with Crippen molar-refractivity contribution < 1.29 is 9.59 Å². The van der Waals surface area contributed by atoms with E-state index in [2.05, 4.69) is 22.8 Å². The van der Waals surface area contributed by atoms with Crippen LogP contribution in [0.3, 0.4) is 0 Å². The van der Waals surface area contributed by atoms with Gasteiger partial charge in [-0.2, -0.15) is 5.10 Å². The molecule has 0 rings (SSSR count). The van der Waals surface area contributed by atoms with Crippen molar-refractivity contribution >= 4 is 17.5 Å². The third-order valence-corrected chi connectivity index (χ3v) is 3.04. The summed E-state index contributed by atoms with van der Waals surface area (Å²) in [5.74, 6) is -0.236. The quantitative estimate of drug-likeness (QED) is 0.266. The van der Waals surface area contributed by atoms with Gasteiger partial charge in [0, 0.05) is 12.3 Å². The van der Waals surface area contributed by atoms with Gasteiger partial charge in [0.1, 0.15) is 6.42 Å². The van der Waals surface area contributed by atoms with Crippen molar-refractivity contribution in [3.05, 3.63) is 0 Å². The zero-order valence-electron chi connectivity index (χ0n) is 14.0. The molecule has 0 aliphatic rings. The van der Waals surface area contributed by atoms with E-state index in [9.17, 15) is 9.59 Å². The van der Waals surface area contributed by atoms with Crippen molar-refractivity contribution in [2.24, 2.45) is 11.0 Å². The van der Waals surface area contributed by atoms with E-state index in [4.69, 9.17) is 0 Å². The van der Waals surface area contributed by atoms with Crippen molar-refractivity contribution in [3.8, 4) is 0 Å². The van der Waals surface area contributed by atoms with Crippen LogP contribution in [-0.4, -0.2) is 24.1 Å². The lowest BCUT2D eigenvalue weighted by Crippen LogP contribution is -2.32. The summed E-state index contributed by atoms with van der Waals surface area (Å²) in [6.45, 7) is 8.70. The van der Waals surface area contributed by atoms with Crippen molar-refractivity contribution in [1.29, 1.82) is 0 Å². The third kappa shape index (κ3) is 13.4. The lowest BCUT2D eigenvalue weighted by molar-refractivity contribution is -0.129. The second-order valence-corrected chi connectivity index (χ2v) is 5.92. The van der Waals surface area contributed by atoms with Gasteiger partial charge in [0.15, 0.2) is 0 Å². The van der Waals surface area contributed by atoms with Crippen LogP contribution in [-0.2, 0) is 9.59 Å². The highest BCUT2D eigenvalue weighted by Gasteiger charge is 2.08. The van der Waals surface area contributed by atoms with E-state index in [1.807, 2.05) is 20.8 Å². The van der Waals surface area contributed by atoms with E-state index in [0.717, 1.165) is 18.6 Å². The summed E-state index contributed by atoms with van der Waals surface area (Å²) >= 11 is 0. The number of unbranched alkanes of at least 4 members (excludes halogenated alkanes) is 4. The molecule has 21 heavy (non-hydrogen) atoms. The zero-order valence-corrected chi connectivity index (χ0v) is 14.0. The van der Waals surface area contributed by atoms with Gasteiger partial charge in [-0.25, -0.2) is 5.43 Å². The molecule has 0 atom stereocenters. The molecule has 2 amide bonds. The lowest BCUT2D eigenvalue weighted by atomic mass is 10.1. The summed E-state index contributed by atoms with van der Waals surface area (Å²) in [6, 6.07) is 0. The monoisotopic (exact) mass is 297 g/mol. The van der Waals surface area contributed by atoms with Crippen LogP contribution in [0.1, 0.15) is 72.6 Å². The van der Waals surface area contributed by atoms with E-state index >= 15 is 0 Å².